The zero-order valence-corrected chi connectivity index (χ0v) is 13.9. The minimum absolute atomic E-state index is 0.134. The van der Waals surface area contributed by atoms with E-state index in [1.54, 1.807) is 14.2 Å². The molecule has 0 heterocycles. The molecular formula is C15H32O2Si. The van der Waals surface area contributed by atoms with E-state index in [1.807, 2.05) is 6.08 Å². The predicted octanol–water partition coefficient (Wildman–Crippen LogP) is 3.85. The summed E-state index contributed by atoms with van der Waals surface area (Å²) < 4.78 is 10.4. The Balaban J connectivity index is 3.05. The topological polar surface area (TPSA) is 18.5 Å². The Morgan fingerprint density at radius 1 is 0.889 bits per heavy atom. The molecule has 0 unspecified atom stereocenters. The van der Waals surface area contributed by atoms with Gasteiger partial charge in [-0.3, -0.25) is 0 Å². The van der Waals surface area contributed by atoms with Crippen molar-refractivity contribution in [3.63, 3.8) is 0 Å². The van der Waals surface area contributed by atoms with Crippen molar-refractivity contribution in [3.05, 3.63) is 12.7 Å². The largest absolute Gasteiger partial charge is 0.360 e. The fourth-order valence-corrected chi connectivity index (χ4v) is 3.62. The molecule has 0 aliphatic heterocycles. The molecule has 0 fully saturated rings. The summed E-state index contributed by atoms with van der Waals surface area (Å²) in [5.41, 5.74) is 0. The van der Waals surface area contributed by atoms with Crippen molar-refractivity contribution in [2.45, 2.75) is 69.7 Å². The third-order valence-corrected chi connectivity index (χ3v) is 5.42. The molecule has 0 N–H and O–H groups in total. The first kappa shape index (κ1) is 17.9. The highest BCUT2D eigenvalue weighted by atomic mass is 28.2. The zero-order valence-electron chi connectivity index (χ0n) is 12.5. The molecule has 0 aromatic rings. The molecule has 0 aromatic heterocycles. The lowest BCUT2D eigenvalue weighted by Gasteiger charge is -2.12. The summed E-state index contributed by atoms with van der Waals surface area (Å²) in [5, 5.41) is 0. The Kier molecular flexibility index (Phi) is 14.8. The molecule has 0 aromatic carbocycles. The maximum absolute atomic E-state index is 5.22. The first-order chi connectivity index (χ1) is 8.85. The van der Waals surface area contributed by atoms with Gasteiger partial charge in [-0.25, -0.2) is 0 Å². The molecule has 0 saturated carbocycles. The van der Waals surface area contributed by atoms with Crippen LogP contribution < -0.4 is 0 Å². The number of ether oxygens (including phenoxy) is 2. The lowest BCUT2D eigenvalue weighted by atomic mass is 10.1. The lowest BCUT2D eigenvalue weighted by molar-refractivity contribution is -0.0441. The molecule has 0 spiro atoms. The Morgan fingerprint density at radius 2 is 1.39 bits per heavy atom. The molecule has 2 nitrogen and oxygen atoms in total. The highest BCUT2D eigenvalue weighted by Gasteiger charge is 2.04. The second kappa shape index (κ2) is 14.9. The van der Waals surface area contributed by atoms with Crippen molar-refractivity contribution in [1.29, 1.82) is 0 Å². The van der Waals surface area contributed by atoms with Gasteiger partial charge in [-0.15, -0.1) is 6.58 Å². The fraction of sp³-hybridized carbons (Fsp3) is 0.867. The number of unbranched alkanes of at least 4 members (excludes halogenated alkanes) is 8. The summed E-state index contributed by atoms with van der Waals surface area (Å²) >= 11 is 0. The average molecular weight is 273 g/mol. The molecule has 0 atom stereocenters. The van der Waals surface area contributed by atoms with E-state index in [4.69, 9.17) is 9.47 Å². The van der Waals surface area contributed by atoms with Crippen LogP contribution in [0.1, 0.15) is 57.8 Å². The van der Waals surface area contributed by atoms with E-state index in [0.29, 0.717) is 0 Å². The van der Waals surface area contributed by atoms with Crippen molar-refractivity contribution < 1.29 is 9.47 Å². The third kappa shape index (κ3) is 12.3. The van der Waals surface area contributed by atoms with Gasteiger partial charge in [0.1, 0.15) is 5.91 Å². The van der Waals surface area contributed by atoms with E-state index >= 15 is 0 Å². The Hall–Kier alpha value is -0.123. The van der Waals surface area contributed by atoms with Gasteiger partial charge in [-0.1, -0.05) is 57.1 Å². The highest BCUT2D eigenvalue weighted by molar-refractivity contribution is 6.36. The predicted molar refractivity (Wildman–Crippen MR) is 82.9 cm³/mol. The third-order valence-electron chi connectivity index (χ3n) is 3.37. The van der Waals surface area contributed by atoms with Crippen LogP contribution in [0, 0.1) is 0 Å². The zero-order chi connectivity index (χ0) is 13.5. The molecule has 0 radical (unpaired) electrons. The molecule has 0 amide bonds. The van der Waals surface area contributed by atoms with Crippen molar-refractivity contribution in [3.8, 4) is 0 Å². The second-order valence-corrected chi connectivity index (χ2v) is 6.90. The van der Waals surface area contributed by atoms with Crippen molar-refractivity contribution in [2.75, 3.05) is 14.2 Å². The molecular weight excluding hydrogens is 240 g/mol. The monoisotopic (exact) mass is 272 g/mol. The quantitative estimate of drug-likeness (QED) is 0.207. The Labute approximate surface area is 116 Å². The number of allylic oxidation sites excluding steroid dienone is 1. The minimum Gasteiger partial charge on any atom is -0.360 e. The Morgan fingerprint density at radius 3 is 1.89 bits per heavy atom. The van der Waals surface area contributed by atoms with Crippen LogP contribution in [0.4, 0.5) is 0 Å². The molecule has 108 valence electrons. The maximum atomic E-state index is 5.22. The van der Waals surface area contributed by atoms with Gasteiger partial charge < -0.3 is 9.47 Å². The van der Waals surface area contributed by atoms with Crippen LogP contribution in [0.3, 0.4) is 0 Å². The van der Waals surface area contributed by atoms with E-state index in [0.717, 1.165) is 0 Å². The molecule has 18 heavy (non-hydrogen) atoms. The van der Waals surface area contributed by atoms with Gasteiger partial charge in [0.15, 0.2) is 0 Å². The van der Waals surface area contributed by atoms with Crippen LogP contribution in [0.25, 0.3) is 0 Å². The van der Waals surface area contributed by atoms with Gasteiger partial charge in [-0.05, 0) is 12.8 Å². The molecule has 3 heteroatoms. The van der Waals surface area contributed by atoms with Crippen LogP contribution in [0.5, 0.6) is 0 Å². The van der Waals surface area contributed by atoms with Gasteiger partial charge in [-0.2, -0.15) is 0 Å². The highest BCUT2D eigenvalue weighted by Crippen LogP contribution is 2.11. The van der Waals surface area contributed by atoms with Crippen LogP contribution >= 0.6 is 0 Å². The van der Waals surface area contributed by atoms with Gasteiger partial charge in [0.05, 0.1) is 9.52 Å². The van der Waals surface area contributed by atoms with Gasteiger partial charge in [0.25, 0.3) is 0 Å². The van der Waals surface area contributed by atoms with Gasteiger partial charge in [0.2, 0.25) is 0 Å². The van der Waals surface area contributed by atoms with Crippen molar-refractivity contribution in [1.82, 2.24) is 0 Å². The Bertz CT molecular complexity index is 170. The smallest absolute Gasteiger partial charge is 0.134 e. The van der Waals surface area contributed by atoms with Crippen LogP contribution in [0.15, 0.2) is 12.7 Å². The van der Waals surface area contributed by atoms with Gasteiger partial charge >= 0.3 is 0 Å². The van der Waals surface area contributed by atoms with Crippen LogP contribution in [-0.4, -0.2) is 29.7 Å². The summed E-state index contributed by atoms with van der Waals surface area (Å²) in [6, 6.07) is 1.35. The van der Waals surface area contributed by atoms with E-state index in [1.165, 1.54) is 63.8 Å². The SMILES string of the molecule is C=CCCCCCCCCCC[SiH2]C(OC)OC. The minimum atomic E-state index is -0.182. The van der Waals surface area contributed by atoms with E-state index in [2.05, 4.69) is 6.58 Å². The van der Waals surface area contributed by atoms with E-state index in [9.17, 15) is 0 Å². The summed E-state index contributed by atoms with van der Waals surface area (Å²) in [5.74, 6) is 0.134. The van der Waals surface area contributed by atoms with Crippen molar-refractivity contribution >= 4 is 9.52 Å². The summed E-state index contributed by atoms with van der Waals surface area (Å²) in [6.07, 6.45) is 14.3. The maximum Gasteiger partial charge on any atom is 0.134 e. The molecule has 0 aliphatic carbocycles. The summed E-state index contributed by atoms with van der Waals surface area (Å²) in [4.78, 5) is 0. The number of hydrogen-bond donors (Lipinski definition) is 0. The number of hydrogen-bond acceptors (Lipinski definition) is 2. The first-order valence-electron chi connectivity index (χ1n) is 7.51. The summed E-state index contributed by atoms with van der Waals surface area (Å²) in [7, 11) is 3.31. The first-order valence-corrected chi connectivity index (χ1v) is 9.33. The van der Waals surface area contributed by atoms with Gasteiger partial charge in [0, 0.05) is 14.2 Å². The second-order valence-electron chi connectivity index (χ2n) is 4.95. The van der Waals surface area contributed by atoms with Crippen molar-refractivity contribution in [2.24, 2.45) is 0 Å². The number of rotatable bonds is 14. The lowest BCUT2D eigenvalue weighted by Crippen LogP contribution is -2.20. The van der Waals surface area contributed by atoms with E-state index in [-0.39, 0.29) is 15.4 Å². The van der Waals surface area contributed by atoms with E-state index < -0.39 is 0 Å². The average Bonchev–Trinajstić information content (AvgIpc) is 2.40. The summed E-state index contributed by atoms with van der Waals surface area (Å²) in [6.45, 7) is 3.75. The van der Waals surface area contributed by atoms with Crippen LogP contribution in [0.2, 0.25) is 6.04 Å². The molecule has 0 saturated heterocycles. The molecule has 0 rings (SSSR count). The van der Waals surface area contributed by atoms with Crippen LogP contribution in [-0.2, 0) is 9.47 Å². The molecule has 0 bridgehead atoms. The fourth-order valence-electron chi connectivity index (χ4n) is 2.17. The standard InChI is InChI=1S/C15H32O2Si/c1-4-5-6-7-8-9-10-11-12-13-14-18-15(16-2)17-3/h4,15H,1,5-14,18H2,2-3H3. The number of methoxy groups -OCH3 is 2. The molecule has 0 aliphatic rings. The normalized spacial score (nSPS) is 11.7.